The fraction of sp³-hybridized carbons (Fsp3) is 0.900. The van der Waals surface area contributed by atoms with E-state index in [1.54, 1.807) is 0 Å². The summed E-state index contributed by atoms with van der Waals surface area (Å²) in [4.78, 5) is 10.8. The lowest BCUT2D eigenvalue weighted by atomic mass is 9.96. The SMILES string of the molecule is O=C(NCCC1CCCNC1)C(F)(F)C(F)F. The van der Waals surface area contributed by atoms with E-state index >= 15 is 0 Å². The normalized spacial score (nSPS) is 21.6. The Kier molecular flexibility index (Phi) is 5.17. The van der Waals surface area contributed by atoms with Crippen LogP contribution in [-0.4, -0.2) is 37.9 Å². The highest BCUT2D eigenvalue weighted by molar-refractivity contribution is 5.83. The zero-order valence-corrected chi connectivity index (χ0v) is 9.32. The van der Waals surface area contributed by atoms with Crippen LogP contribution in [0.15, 0.2) is 0 Å². The Morgan fingerprint density at radius 1 is 1.47 bits per heavy atom. The van der Waals surface area contributed by atoms with E-state index in [1.807, 2.05) is 5.32 Å². The molecule has 17 heavy (non-hydrogen) atoms. The molecule has 2 N–H and O–H groups in total. The highest BCUT2D eigenvalue weighted by Crippen LogP contribution is 2.22. The van der Waals surface area contributed by atoms with Gasteiger partial charge >= 0.3 is 12.3 Å². The highest BCUT2D eigenvalue weighted by atomic mass is 19.3. The number of hydrogen-bond acceptors (Lipinski definition) is 2. The lowest BCUT2D eigenvalue weighted by molar-refractivity contribution is -0.169. The maximum Gasteiger partial charge on any atom is 0.383 e. The average Bonchev–Trinajstić information content (AvgIpc) is 2.30. The minimum atomic E-state index is -4.59. The minimum absolute atomic E-state index is 0.00743. The molecule has 1 aliphatic rings. The highest BCUT2D eigenvalue weighted by Gasteiger charge is 2.48. The average molecular weight is 256 g/mol. The van der Waals surface area contributed by atoms with Crippen LogP contribution < -0.4 is 10.6 Å². The number of piperidine rings is 1. The van der Waals surface area contributed by atoms with Gasteiger partial charge in [0.05, 0.1) is 0 Å². The number of halogens is 4. The van der Waals surface area contributed by atoms with Gasteiger partial charge < -0.3 is 10.6 Å². The van der Waals surface area contributed by atoms with Crippen molar-refractivity contribution in [2.75, 3.05) is 19.6 Å². The minimum Gasteiger partial charge on any atom is -0.351 e. The van der Waals surface area contributed by atoms with Crippen molar-refractivity contribution in [3.8, 4) is 0 Å². The largest absolute Gasteiger partial charge is 0.383 e. The summed E-state index contributed by atoms with van der Waals surface area (Å²) in [6, 6.07) is 0. The molecule has 3 nitrogen and oxygen atoms in total. The van der Waals surface area contributed by atoms with Crippen LogP contribution in [-0.2, 0) is 4.79 Å². The van der Waals surface area contributed by atoms with Crippen molar-refractivity contribution in [3.05, 3.63) is 0 Å². The summed E-state index contributed by atoms with van der Waals surface area (Å²) in [5.74, 6) is -6.18. The molecule has 100 valence electrons. The third-order valence-electron chi connectivity index (χ3n) is 2.81. The van der Waals surface area contributed by atoms with E-state index in [1.165, 1.54) is 0 Å². The number of rotatable bonds is 5. The summed E-state index contributed by atoms with van der Waals surface area (Å²) in [5.41, 5.74) is 0. The Hall–Kier alpha value is -0.850. The van der Waals surface area contributed by atoms with Crippen molar-refractivity contribution in [3.63, 3.8) is 0 Å². The molecule has 1 atom stereocenters. The molecule has 1 heterocycles. The first-order valence-corrected chi connectivity index (χ1v) is 5.59. The van der Waals surface area contributed by atoms with Crippen molar-refractivity contribution in [2.45, 2.75) is 31.6 Å². The molecule has 1 aliphatic heterocycles. The van der Waals surface area contributed by atoms with Crippen LogP contribution in [0.25, 0.3) is 0 Å². The number of hydrogen-bond donors (Lipinski definition) is 2. The number of carbonyl (C=O) groups excluding carboxylic acids is 1. The van der Waals surface area contributed by atoms with Crippen LogP contribution in [0.5, 0.6) is 0 Å². The van der Waals surface area contributed by atoms with Crippen LogP contribution in [0, 0.1) is 5.92 Å². The predicted octanol–water partition coefficient (Wildman–Crippen LogP) is 1.39. The number of amides is 1. The van der Waals surface area contributed by atoms with Gasteiger partial charge in [0.25, 0.3) is 5.91 Å². The fourth-order valence-corrected chi connectivity index (χ4v) is 1.78. The zero-order chi connectivity index (χ0) is 12.9. The number of nitrogens with one attached hydrogen (secondary N) is 2. The van der Waals surface area contributed by atoms with Gasteiger partial charge in [-0.2, -0.15) is 8.78 Å². The Morgan fingerprint density at radius 2 is 2.18 bits per heavy atom. The number of carbonyl (C=O) groups is 1. The zero-order valence-electron chi connectivity index (χ0n) is 9.32. The molecular formula is C10H16F4N2O. The van der Waals surface area contributed by atoms with Gasteiger partial charge in [-0.3, -0.25) is 4.79 Å². The van der Waals surface area contributed by atoms with Gasteiger partial charge in [-0.25, -0.2) is 8.78 Å². The molecule has 1 fully saturated rings. The molecule has 1 unspecified atom stereocenters. The molecule has 1 rings (SSSR count). The van der Waals surface area contributed by atoms with E-state index in [2.05, 4.69) is 5.32 Å². The summed E-state index contributed by atoms with van der Waals surface area (Å²) >= 11 is 0. The first-order valence-electron chi connectivity index (χ1n) is 5.59. The third-order valence-corrected chi connectivity index (χ3v) is 2.81. The summed E-state index contributed by atoms with van der Waals surface area (Å²) in [7, 11) is 0. The Balaban J connectivity index is 2.23. The predicted molar refractivity (Wildman–Crippen MR) is 54.2 cm³/mol. The Bertz CT molecular complexity index is 255. The second-order valence-corrected chi connectivity index (χ2v) is 4.18. The molecule has 1 saturated heterocycles. The van der Waals surface area contributed by atoms with Crippen LogP contribution in [0.4, 0.5) is 17.6 Å². The molecule has 0 aromatic rings. The molecule has 0 radical (unpaired) electrons. The first kappa shape index (κ1) is 14.2. The molecule has 0 aromatic heterocycles. The topological polar surface area (TPSA) is 41.1 Å². The Labute approximate surface area is 96.9 Å². The van der Waals surface area contributed by atoms with E-state index in [0.29, 0.717) is 12.3 Å². The fourth-order valence-electron chi connectivity index (χ4n) is 1.78. The van der Waals surface area contributed by atoms with Crippen molar-refractivity contribution in [1.82, 2.24) is 10.6 Å². The van der Waals surface area contributed by atoms with Crippen LogP contribution >= 0.6 is 0 Å². The smallest absolute Gasteiger partial charge is 0.351 e. The van der Waals surface area contributed by atoms with Gasteiger partial charge in [-0.1, -0.05) is 0 Å². The third kappa shape index (κ3) is 4.14. The van der Waals surface area contributed by atoms with Gasteiger partial charge in [-0.05, 0) is 38.3 Å². The van der Waals surface area contributed by atoms with Crippen LogP contribution in [0.3, 0.4) is 0 Å². The summed E-state index contributed by atoms with van der Waals surface area (Å²) in [5, 5.41) is 5.00. The molecule has 0 spiro atoms. The molecule has 0 aliphatic carbocycles. The van der Waals surface area contributed by atoms with Crippen LogP contribution in [0.2, 0.25) is 0 Å². The second kappa shape index (κ2) is 6.18. The van der Waals surface area contributed by atoms with Crippen molar-refractivity contribution < 1.29 is 22.4 Å². The van der Waals surface area contributed by atoms with Crippen molar-refractivity contribution >= 4 is 5.91 Å². The molecule has 0 saturated carbocycles. The van der Waals surface area contributed by atoms with Crippen LogP contribution in [0.1, 0.15) is 19.3 Å². The first-order chi connectivity index (χ1) is 7.94. The van der Waals surface area contributed by atoms with E-state index in [-0.39, 0.29) is 6.54 Å². The van der Waals surface area contributed by atoms with Gasteiger partial charge in [0.1, 0.15) is 0 Å². The summed E-state index contributed by atoms with van der Waals surface area (Å²) < 4.78 is 48.7. The maximum absolute atomic E-state index is 12.5. The monoisotopic (exact) mass is 256 g/mol. The quantitative estimate of drug-likeness (QED) is 0.730. The molecule has 0 aromatic carbocycles. The standard InChI is InChI=1S/C10H16F4N2O/c11-8(12)10(13,14)9(17)16-5-3-7-2-1-4-15-6-7/h7-8,15H,1-6H2,(H,16,17). The lowest BCUT2D eigenvalue weighted by Crippen LogP contribution is -2.46. The van der Waals surface area contributed by atoms with Crippen molar-refractivity contribution in [2.24, 2.45) is 5.92 Å². The molecular weight excluding hydrogens is 240 g/mol. The molecule has 0 bridgehead atoms. The van der Waals surface area contributed by atoms with E-state index in [4.69, 9.17) is 0 Å². The van der Waals surface area contributed by atoms with Crippen molar-refractivity contribution in [1.29, 1.82) is 0 Å². The van der Waals surface area contributed by atoms with Gasteiger partial charge in [-0.15, -0.1) is 0 Å². The second-order valence-electron chi connectivity index (χ2n) is 4.18. The molecule has 1 amide bonds. The van der Waals surface area contributed by atoms with Gasteiger partial charge in [0.15, 0.2) is 0 Å². The summed E-state index contributed by atoms with van der Waals surface area (Å²) in [6.45, 7) is 1.72. The van der Waals surface area contributed by atoms with E-state index < -0.39 is 18.3 Å². The maximum atomic E-state index is 12.5. The van der Waals surface area contributed by atoms with E-state index in [0.717, 1.165) is 25.9 Å². The molecule has 7 heteroatoms. The lowest BCUT2D eigenvalue weighted by Gasteiger charge is -2.23. The van der Waals surface area contributed by atoms with E-state index in [9.17, 15) is 22.4 Å². The van der Waals surface area contributed by atoms with Gasteiger partial charge in [0.2, 0.25) is 0 Å². The number of alkyl halides is 4. The summed E-state index contributed by atoms with van der Waals surface area (Å²) in [6.07, 6.45) is -1.46. The Morgan fingerprint density at radius 3 is 2.71 bits per heavy atom. The van der Waals surface area contributed by atoms with Gasteiger partial charge in [0, 0.05) is 6.54 Å².